The van der Waals surface area contributed by atoms with Crippen LogP contribution >= 0.6 is 0 Å². The Balaban J connectivity index is 1.94. The molecule has 1 atom stereocenters. The van der Waals surface area contributed by atoms with Gasteiger partial charge in [0.25, 0.3) is 5.22 Å². The standard InChI is InChI=1S/C11H11F3N2O3S/c12-11(13,14)6-18-3-4-20(17)10-16-8-2-1-7(15)5-9(8)19-10/h1-2,5H,3-4,6,15H2. The van der Waals surface area contributed by atoms with Gasteiger partial charge in [0, 0.05) is 11.8 Å². The maximum Gasteiger partial charge on any atom is 0.411 e. The second-order valence-corrected chi connectivity index (χ2v) is 5.37. The monoisotopic (exact) mass is 308 g/mol. The summed E-state index contributed by atoms with van der Waals surface area (Å²) < 4.78 is 56.9. The molecule has 110 valence electrons. The molecule has 9 heteroatoms. The summed E-state index contributed by atoms with van der Waals surface area (Å²) in [5.74, 6) is -0.127. The van der Waals surface area contributed by atoms with E-state index < -0.39 is 23.6 Å². The molecule has 1 unspecified atom stereocenters. The van der Waals surface area contributed by atoms with Gasteiger partial charge in [0.1, 0.15) is 22.9 Å². The molecule has 0 amide bonds. The fraction of sp³-hybridized carbons (Fsp3) is 0.364. The number of ether oxygens (including phenoxy) is 1. The summed E-state index contributed by atoms with van der Waals surface area (Å²) in [4.78, 5) is 3.98. The molecule has 0 aliphatic carbocycles. The summed E-state index contributed by atoms with van der Waals surface area (Å²) in [5, 5.41) is -0.0544. The van der Waals surface area contributed by atoms with Crippen molar-refractivity contribution in [1.82, 2.24) is 4.98 Å². The van der Waals surface area contributed by atoms with Gasteiger partial charge in [-0.2, -0.15) is 13.2 Å². The van der Waals surface area contributed by atoms with E-state index in [0.717, 1.165) is 0 Å². The summed E-state index contributed by atoms with van der Waals surface area (Å²) in [6.45, 7) is -1.67. The summed E-state index contributed by atoms with van der Waals surface area (Å²) in [5.41, 5.74) is 6.89. The lowest BCUT2D eigenvalue weighted by molar-refractivity contribution is -0.172. The number of rotatable bonds is 5. The van der Waals surface area contributed by atoms with Crippen LogP contribution in [0.4, 0.5) is 18.9 Å². The molecular formula is C11H11F3N2O3S. The van der Waals surface area contributed by atoms with E-state index in [1.807, 2.05) is 0 Å². The maximum absolute atomic E-state index is 11.8. The van der Waals surface area contributed by atoms with Crippen molar-refractivity contribution in [3.8, 4) is 0 Å². The van der Waals surface area contributed by atoms with E-state index in [-0.39, 0.29) is 17.6 Å². The second kappa shape index (κ2) is 5.80. The zero-order chi connectivity index (χ0) is 14.8. The van der Waals surface area contributed by atoms with Crippen LogP contribution in [0.25, 0.3) is 11.1 Å². The number of halogens is 3. The minimum atomic E-state index is -4.39. The van der Waals surface area contributed by atoms with Crippen molar-refractivity contribution in [3.63, 3.8) is 0 Å². The number of anilines is 1. The molecule has 0 fully saturated rings. The van der Waals surface area contributed by atoms with Gasteiger partial charge in [0.05, 0.1) is 12.4 Å². The van der Waals surface area contributed by atoms with E-state index in [1.165, 1.54) is 6.07 Å². The van der Waals surface area contributed by atoms with E-state index in [4.69, 9.17) is 10.2 Å². The summed E-state index contributed by atoms with van der Waals surface area (Å²) in [7, 11) is -1.66. The zero-order valence-electron chi connectivity index (χ0n) is 10.1. The molecule has 2 N–H and O–H groups in total. The van der Waals surface area contributed by atoms with Gasteiger partial charge in [-0.25, -0.2) is 9.19 Å². The Hall–Kier alpha value is -1.61. The molecule has 0 saturated carbocycles. The lowest BCUT2D eigenvalue weighted by atomic mass is 10.3. The van der Waals surface area contributed by atoms with Crippen LogP contribution in [0.3, 0.4) is 0 Å². The van der Waals surface area contributed by atoms with Crippen molar-refractivity contribution >= 4 is 27.6 Å². The first-order valence-electron chi connectivity index (χ1n) is 5.54. The molecule has 2 rings (SSSR count). The number of nitrogens with two attached hydrogens (primary N) is 1. The molecule has 0 spiro atoms. The largest absolute Gasteiger partial charge is 0.430 e. The van der Waals surface area contributed by atoms with Crippen molar-refractivity contribution in [2.24, 2.45) is 0 Å². The third kappa shape index (κ3) is 3.94. The molecule has 0 aliphatic rings. The minimum absolute atomic E-state index is 0.0544. The Morgan fingerprint density at radius 1 is 1.40 bits per heavy atom. The van der Waals surface area contributed by atoms with Gasteiger partial charge in [0.2, 0.25) is 0 Å². The van der Waals surface area contributed by atoms with Crippen LogP contribution in [0.1, 0.15) is 0 Å². The number of benzene rings is 1. The number of nitrogen functional groups attached to an aromatic ring is 1. The van der Waals surface area contributed by atoms with E-state index in [9.17, 15) is 17.4 Å². The average molecular weight is 308 g/mol. The van der Waals surface area contributed by atoms with Crippen LogP contribution in [0.2, 0.25) is 0 Å². The van der Waals surface area contributed by atoms with Crippen LogP contribution < -0.4 is 5.73 Å². The summed E-state index contributed by atoms with van der Waals surface area (Å²) in [6.07, 6.45) is -4.39. The van der Waals surface area contributed by atoms with Gasteiger partial charge in [-0.1, -0.05) is 0 Å². The third-order valence-corrected chi connectivity index (χ3v) is 3.37. The van der Waals surface area contributed by atoms with Crippen molar-refractivity contribution in [2.45, 2.75) is 11.4 Å². The summed E-state index contributed by atoms with van der Waals surface area (Å²) in [6, 6.07) is 4.75. The molecule has 0 bridgehead atoms. The molecule has 0 saturated heterocycles. The van der Waals surface area contributed by atoms with Crippen LogP contribution in [0.15, 0.2) is 27.8 Å². The fourth-order valence-electron chi connectivity index (χ4n) is 1.43. The normalized spacial score (nSPS) is 13.8. The highest BCUT2D eigenvalue weighted by Gasteiger charge is 2.27. The first-order valence-corrected chi connectivity index (χ1v) is 6.86. The van der Waals surface area contributed by atoms with E-state index >= 15 is 0 Å². The highest BCUT2D eigenvalue weighted by atomic mass is 32.2. The Bertz CT molecular complexity index is 627. The molecule has 20 heavy (non-hydrogen) atoms. The van der Waals surface area contributed by atoms with Gasteiger partial charge in [-0.05, 0) is 12.1 Å². The highest BCUT2D eigenvalue weighted by molar-refractivity contribution is 7.84. The van der Waals surface area contributed by atoms with E-state index in [0.29, 0.717) is 16.8 Å². The summed E-state index contributed by atoms with van der Waals surface area (Å²) >= 11 is 0. The number of hydrogen-bond acceptors (Lipinski definition) is 5. The molecule has 5 nitrogen and oxygen atoms in total. The molecule has 2 aromatic rings. The quantitative estimate of drug-likeness (QED) is 0.676. The Morgan fingerprint density at radius 2 is 2.15 bits per heavy atom. The van der Waals surface area contributed by atoms with Gasteiger partial charge in [0.15, 0.2) is 5.58 Å². The average Bonchev–Trinajstić information content (AvgIpc) is 2.76. The van der Waals surface area contributed by atoms with Gasteiger partial charge >= 0.3 is 6.18 Å². The van der Waals surface area contributed by atoms with E-state index in [2.05, 4.69) is 9.72 Å². The van der Waals surface area contributed by atoms with Gasteiger partial charge in [-0.3, -0.25) is 0 Å². The molecule has 1 aromatic heterocycles. The Labute approximate surface area is 114 Å². The Morgan fingerprint density at radius 3 is 2.85 bits per heavy atom. The highest BCUT2D eigenvalue weighted by Crippen LogP contribution is 2.20. The van der Waals surface area contributed by atoms with Crippen LogP contribution in [-0.4, -0.2) is 34.3 Å². The molecule has 1 aromatic carbocycles. The van der Waals surface area contributed by atoms with Crippen molar-refractivity contribution in [3.05, 3.63) is 18.2 Å². The minimum Gasteiger partial charge on any atom is -0.430 e. The first kappa shape index (κ1) is 14.8. The first-order chi connectivity index (χ1) is 9.35. The number of alkyl halides is 3. The predicted octanol–water partition coefficient (Wildman–Crippen LogP) is 2.10. The van der Waals surface area contributed by atoms with Crippen molar-refractivity contribution in [1.29, 1.82) is 0 Å². The lowest BCUT2D eigenvalue weighted by Crippen LogP contribution is -2.19. The Kier molecular flexibility index (Phi) is 4.29. The van der Waals surface area contributed by atoms with Crippen LogP contribution in [-0.2, 0) is 15.5 Å². The molecule has 1 heterocycles. The van der Waals surface area contributed by atoms with Crippen LogP contribution in [0.5, 0.6) is 0 Å². The van der Waals surface area contributed by atoms with Gasteiger partial charge < -0.3 is 14.9 Å². The topological polar surface area (TPSA) is 78.3 Å². The van der Waals surface area contributed by atoms with E-state index in [1.54, 1.807) is 12.1 Å². The molecule has 0 radical (unpaired) electrons. The fourth-order valence-corrected chi connectivity index (χ4v) is 2.25. The van der Waals surface area contributed by atoms with Crippen LogP contribution in [0, 0.1) is 0 Å². The van der Waals surface area contributed by atoms with Crippen molar-refractivity contribution < 1.29 is 26.5 Å². The molecular weight excluding hydrogens is 297 g/mol. The lowest BCUT2D eigenvalue weighted by Gasteiger charge is -2.06. The molecule has 0 aliphatic heterocycles. The SMILES string of the molecule is Nc1ccc2nc(S(=O)CCOCC(F)(F)F)oc2c1. The predicted molar refractivity (Wildman–Crippen MR) is 66.6 cm³/mol. The zero-order valence-corrected chi connectivity index (χ0v) is 11.0. The number of nitrogens with zero attached hydrogens (tertiary/aromatic N) is 1. The number of hydrogen-bond donors (Lipinski definition) is 1. The number of fused-ring (bicyclic) bond motifs is 1. The van der Waals surface area contributed by atoms with Crippen molar-refractivity contribution in [2.75, 3.05) is 24.7 Å². The number of aromatic nitrogens is 1. The third-order valence-electron chi connectivity index (χ3n) is 2.27. The number of oxazole rings is 1. The second-order valence-electron chi connectivity index (χ2n) is 3.92. The van der Waals surface area contributed by atoms with Gasteiger partial charge in [-0.15, -0.1) is 0 Å². The maximum atomic E-state index is 11.8. The smallest absolute Gasteiger partial charge is 0.411 e.